The smallest absolute Gasteiger partial charge is 0.182 e. The zero-order valence-electron chi connectivity index (χ0n) is 9.69. The second-order valence-corrected chi connectivity index (χ2v) is 7.74. The Hall–Kier alpha value is -0.390. The number of hydrogen-bond donors (Lipinski definition) is 1. The molecule has 3 nitrogen and oxygen atoms in total. The van der Waals surface area contributed by atoms with E-state index in [4.69, 9.17) is 5.73 Å². The summed E-state index contributed by atoms with van der Waals surface area (Å²) in [6.45, 7) is 1.93. The largest absolute Gasteiger partial charge is 0.328 e. The van der Waals surface area contributed by atoms with E-state index in [0.717, 1.165) is 24.8 Å². The van der Waals surface area contributed by atoms with Gasteiger partial charge in [0.1, 0.15) is 0 Å². The maximum atomic E-state index is 12.1. The Balaban J connectivity index is 2.31. The summed E-state index contributed by atoms with van der Waals surface area (Å²) < 4.78 is 24.8. The van der Waals surface area contributed by atoms with Gasteiger partial charge in [-0.2, -0.15) is 0 Å². The van der Waals surface area contributed by atoms with Gasteiger partial charge < -0.3 is 5.73 Å². The first-order valence-corrected chi connectivity index (χ1v) is 8.03. The van der Waals surface area contributed by atoms with Gasteiger partial charge in [0.05, 0.1) is 10.1 Å². The van der Waals surface area contributed by atoms with Crippen LogP contribution in [0, 0.1) is 0 Å². The van der Waals surface area contributed by atoms with E-state index < -0.39 is 9.84 Å². The van der Waals surface area contributed by atoms with E-state index in [2.05, 4.69) is 15.9 Å². The molecule has 1 atom stereocenters. The van der Waals surface area contributed by atoms with E-state index in [1.807, 2.05) is 19.1 Å². The Morgan fingerprint density at radius 2 is 2.12 bits per heavy atom. The second-order valence-electron chi connectivity index (χ2n) is 4.69. The molecule has 1 unspecified atom stereocenters. The van der Waals surface area contributed by atoms with Gasteiger partial charge in [0, 0.05) is 10.5 Å². The molecule has 17 heavy (non-hydrogen) atoms. The molecule has 0 aliphatic heterocycles. The number of nitrogens with two attached hydrogens (primary N) is 1. The molecular weight excluding hydrogens is 302 g/mol. The van der Waals surface area contributed by atoms with Crippen molar-refractivity contribution in [2.24, 2.45) is 5.73 Å². The summed E-state index contributed by atoms with van der Waals surface area (Å²) in [4.78, 5) is 0.411. The Morgan fingerprint density at radius 3 is 2.59 bits per heavy atom. The summed E-state index contributed by atoms with van der Waals surface area (Å²) in [5.74, 6) is 0. The lowest BCUT2D eigenvalue weighted by Gasteiger charge is -2.09. The minimum atomic E-state index is -3.12. The van der Waals surface area contributed by atoms with Crippen LogP contribution in [0.3, 0.4) is 0 Å². The molecule has 0 saturated heterocycles. The molecule has 0 spiro atoms. The van der Waals surface area contributed by atoms with Gasteiger partial charge in [0.2, 0.25) is 0 Å². The van der Waals surface area contributed by atoms with Crippen molar-refractivity contribution in [3.63, 3.8) is 0 Å². The quantitative estimate of drug-likeness (QED) is 0.926. The van der Waals surface area contributed by atoms with Gasteiger partial charge in [0.25, 0.3) is 0 Å². The van der Waals surface area contributed by atoms with Crippen molar-refractivity contribution in [3.05, 3.63) is 28.2 Å². The van der Waals surface area contributed by atoms with Crippen molar-refractivity contribution in [1.29, 1.82) is 0 Å². The van der Waals surface area contributed by atoms with Crippen molar-refractivity contribution in [1.82, 2.24) is 0 Å². The van der Waals surface area contributed by atoms with Crippen LogP contribution < -0.4 is 5.73 Å². The molecular formula is C12H16BrNO2S. The molecule has 5 heteroatoms. The fourth-order valence-electron chi connectivity index (χ4n) is 1.83. The van der Waals surface area contributed by atoms with Crippen LogP contribution in [0.2, 0.25) is 0 Å². The Bertz CT molecular complexity index is 521. The highest BCUT2D eigenvalue weighted by Gasteiger charge is 2.37. The summed E-state index contributed by atoms with van der Waals surface area (Å²) in [5.41, 5.74) is 6.78. The first kappa shape index (κ1) is 13.1. The first-order valence-electron chi connectivity index (χ1n) is 5.69. The molecule has 1 aromatic carbocycles. The van der Waals surface area contributed by atoms with E-state index in [0.29, 0.717) is 9.37 Å². The fraction of sp³-hybridized carbons (Fsp3) is 0.500. The van der Waals surface area contributed by atoms with Crippen LogP contribution >= 0.6 is 15.9 Å². The van der Waals surface area contributed by atoms with Crippen molar-refractivity contribution in [3.8, 4) is 0 Å². The Labute approximate surface area is 110 Å². The molecule has 1 aliphatic carbocycles. The molecule has 0 radical (unpaired) electrons. The van der Waals surface area contributed by atoms with E-state index >= 15 is 0 Å². The minimum Gasteiger partial charge on any atom is -0.328 e. The molecule has 0 amide bonds. The summed E-state index contributed by atoms with van der Waals surface area (Å²) in [7, 11) is -3.12. The van der Waals surface area contributed by atoms with Crippen LogP contribution in [0.5, 0.6) is 0 Å². The normalized spacial score (nSPS) is 18.1. The maximum absolute atomic E-state index is 12.1. The third-order valence-electron chi connectivity index (χ3n) is 2.82. The predicted molar refractivity (Wildman–Crippen MR) is 71.7 cm³/mol. The molecule has 2 N–H and O–H groups in total. The number of hydrogen-bond acceptors (Lipinski definition) is 3. The fourth-order valence-corrected chi connectivity index (χ4v) is 4.64. The van der Waals surface area contributed by atoms with Crippen molar-refractivity contribution < 1.29 is 8.42 Å². The monoisotopic (exact) mass is 317 g/mol. The van der Waals surface area contributed by atoms with E-state index in [9.17, 15) is 8.42 Å². The maximum Gasteiger partial charge on any atom is 0.182 e. The lowest BCUT2D eigenvalue weighted by molar-refractivity contribution is 0.594. The number of halogens is 1. The van der Waals surface area contributed by atoms with Crippen LogP contribution in [0.4, 0.5) is 0 Å². The lowest BCUT2D eigenvalue weighted by Crippen LogP contribution is -2.18. The van der Waals surface area contributed by atoms with Crippen molar-refractivity contribution >= 4 is 25.8 Å². The zero-order chi connectivity index (χ0) is 12.6. The van der Waals surface area contributed by atoms with Crippen LogP contribution in [-0.4, -0.2) is 19.7 Å². The van der Waals surface area contributed by atoms with Gasteiger partial charge in [-0.15, -0.1) is 0 Å². The molecule has 2 rings (SSSR count). The van der Waals surface area contributed by atoms with Crippen LogP contribution in [0.1, 0.15) is 25.3 Å². The Morgan fingerprint density at radius 1 is 1.47 bits per heavy atom. The number of benzene rings is 1. The summed E-state index contributed by atoms with van der Waals surface area (Å²) in [6, 6.07) is 5.48. The third kappa shape index (κ3) is 2.89. The summed E-state index contributed by atoms with van der Waals surface area (Å²) in [5, 5.41) is -0.168. The van der Waals surface area contributed by atoms with E-state index in [1.165, 1.54) is 0 Å². The second kappa shape index (κ2) is 4.71. The topological polar surface area (TPSA) is 60.2 Å². The highest BCUT2D eigenvalue weighted by Crippen LogP contribution is 2.36. The molecule has 0 aromatic heterocycles. The van der Waals surface area contributed by atoms with Crippen LogP contribution in [0.15, 0.2) is 27.6 Å². The van der Waals surface area contributed by atoms with Gasteiger partial charge >= 0.3 is 0 Å². The number of rotatable bonds is 4. The highest BCUT2D eigenvalue weighted by molar-refractivity contribution is 9.10. The molecule has 1 saturated carbocycles. The van der Waals surface area contributed by atoms with Gasteiger partial charge in [-0.25, -0.2) is 8.42 Å². The van der Waals surface area contributed by atoms with E-state index in [1.54, 1.807) is 6.07 Å². The molecule has 1 aromatic rings. The summed E-state index contributed by atoms with van der Waals surface area (Å²) in [6.07, 6.45) is 2.33. The average Bonchev–Trinajstić information content (AvgIpc) is 2.98. The standard InChI is InChI=1S/C12H16BrNO2S/c1-8(14)6-9-2-5-12(11(13)7-9)17(15,16)10-3-4-10/h2,5,7-8,10H,3-4,6,14H2,1H3. The average molecular weight is 318 g/mol. The number of sulfone groups is 1. The first-order chi connectivity index (χ1) is 7.91. The highest BCUT2D eigenvalue weighted by atomic mass is 79.9. The lowest BCUT2D eigenvalue weighted by atomic mass is 10.1. The molecule has 1 aliphatic rings. The van der Waals surface area contributed by atoms with Crippen LogP contribution in [0.25, 0.3) is 0 Å². The van der Waals surface area contributed by atoms with Gasteiger partial charge in [-0.05, 0) is 59.8 Å². The molecule has 94 valence electrons. The predicted octanol–water partition coefficient (Wildman–Crippen LogP) is 2.27. The van der Waals surface area contributed by atoms with Gasteiger partial charge in [-0.3, -0.25) is 0 Å². The molecule has 0 bridgehead atoms. The van der Waals surface area contributed by atoms with Crippen molar-refractivity contribution in [2.45, 2.75) is 42.4 Å². The Kier molecular flexibility index (Phi) is 3.61. The molecule has 1 fully saturated rings. The van der Waals surface area contributed by atoms with Gasteiger partial charge in [0.15, 0.2) is 9.84 Å². The molecule has 0 heterocycles. The van der Waals surface area contributed by atoms with Crippen LogP contribution in [-0.2, 0) is 16.3 Å². The summed E-state index contributed by atoms with van der Waals surface area (Å²) >= 11 is 3.35. The van der Waals surface area contributed by atoms with Gasteiger partial charge in [-0.1, -0.05) is 6.07 Å². The third-order valence-corrected chi connectivity index (χ3v) is 6.06. The minimum absolute atomic E-state index is 0.0767. The van der Waals surface area contributed by atoms with Crippen molar-refractivity contribution in [2.75, 3.05) is 0 Å². The zero-order valence-corrected chi connectivity index (χ0v) is 12.1. The van der Waals surface area contributed by atoms with E-state index in [-0.39, 0.29) is 11.3 Å². The SMILES string of the molecule is CC(N)Cc1ccc(S(=O)(=O)C2CC2)c(Br)c1.